The molecule has 3 rings (SSSR count). The van der Waals surface area contributed by atoms with Gasteiger partial charge in [-0.2, -0.15) is 10.5 Å². The van der Waals surface area contributed by atoms with Crippen LogP contribution in [0.5, 0.6) is 0 Å². The molecule has 2 aromatic heterocycles. The highest BCUT2D eigenvalue weighted by molar-refractivity contribution is 5.53. The van der Waals surface area contributed by atoms with Gasteiger partial charge in [-0.1, -0.05) is 12.1 Å². The highest BCUT2D eigenvalue weighted by Crippen LogP contribution is 2.22. The number of hydrogen-bond donors (Lipinski definition) is 0. The molecule has 0 saturated carbocycles. The van der Waals surface area contributed by atoms with E-state index in [0.717, 1.165) is 11.3 Å². The number of nitriles is 2. The van der Waals surface area contributed by atoms with Crippen molar-refractivity contribution < 1.29 is 4.42 Å². The normalized spacial score (nSPS) is 9.91. The van der Waals surface area contributed by atoms with Crippen LogP contribution >= 0.6 is 0 Å². The van der Waals surface area contributed by atoms with Crippen molar-refractivity contribution in [2.45, 2.75) is 6.42 Å². The van der Waals surface area contributed by atoms with Crippen LogP contribution < -0.4 is 0 Å². The zero-order chi connectivity index (χ0) is 15.4. The summed E-state index contributed by atoms with van der Waals surface area (Å²) in [5.41, 5.74) is 2.94. The third kappa shape index (κ3) is 2.87. The van der Waals surface area contributed by atoms with Crippen molar-refractivity contribution in [1.82, 2.24) is 4.98 Å². The van der Waals surface area contributed by atoms with Gasteiger partial charge in [-0.15, -0.1) is 0 Å². The molecule has 0 unspecified atom stereocenters. The fraction of sp³-hybridized carbons (Fsp3) is 0.0556. The molecule has 0 saturated heterocycles. The lowest BCUT2D eigenvalue weighted by molar-refractivity contribution is 0.532. The van der Waals surface area contributed by atoms with Crippen molar-refractivity contribution in [3.8, 4) is 23.6 Å². The summed E-state index contributed by atoms with van der Waals surface area (Å²) in [4.78, 5) is 4.21. The largest absolute Gasteiger partial charge is 0.459 e. The summed E-state index contributed by atoms with van der Waals surface area (Å²) >= 11 is 0. The lowest BCUT2D eigenvalue weighted by Gasteiger charge is -1.99. The van der Waals surface area contributed by atoms with E-state index in [4.69, 9.17) is 14.9 Å². The average molecular weight is 285 g/mol. The molecule has 0 amide bonds. The standard InChI is InChI=1S/C18H11N3O/c19-10-14-3-1-13(2-4-14)9-16-6-8-18(22-16)17-7-5-15(11-20)12-21-17/h1-8,12H,9H2. The number of benzene rings is 1. The number of furan rings is 1. The van der Waals surface area contributed by atoms with E-state index in [1.807, 2.05) is 30.3 Å². The first-order chi connectivity index (χ1) is 10.8. The topological polar surface area (TPSA) is 73.6 Å². The molecule has 0 atom stereocenters. The van der Waals surface area contributed by atoms with Gasteiger partial charge in [0.05, 0.1) is 17.2 Å². The summed E-state index contributed by atoms with van der Waals surface area (Å²) in [7, 11) is 0. The Morgan fingerprint density at radius 3 is 2.23 bits per heavy atom. The van der Waals surface area contributed by atoms with Gasteiger partial charge in [0.1, 0.15) is 17.5 Å². The van der Waals surface area contributed by atoms with Crippen molar-refractivity contribution in [1.29, 1.82) is 10.5 Å². The zero-order valence-electron chi connectivity index (χ0n) is 11.7. The van der Waals surface area contributed by atoms with Gasteiger partial charge >= 0.3 is 0 Å². The minimum Gasteiger partial charge on any atom is -0.459 e. The van der Waals surface area contributed by atoms with Crippen LogP contribution in [0.3, 0.4) is 0 Å². The van der Waals surface area contributed by atoms with Gasteiger partial charge in [0.2, 0.25) is 0 Å². The molecule has 0 aliphatic rings. The molecule has 22 heavy (non-hydrogen) atoms. The van der Waals surface area contributed by atoms with Crippen LogP contribution in [0.4, 0.5) is 0 Å². The van der Waals surface area contributed by atoms with Crippen molar-refractivity contribution in [3.63, 3.8) is 0 Å². The van der Waals surface area contributed by atoms with E-state index in [1.54, 1.807) is 24.3 Å². The molecule has 0 fully saturated rings. The second-order valence-electron chi connectivity index (χ2n) is 4.80. The predicted molar refractivity (Wildman–Crippen MR) is 80.6 cm³/mol. The molecule has 0 radical (unpaired) electrons. The van der Waals surface area contributed by atoms with Gasteiger partial charge in [-0.3, -0.25) is 4.98 Å². The maximum absolute atomic E-state index is 8.79. The summed E-state index contributed by atoms with van der Waals surface area (Å²) in [5.74, 6) is 1.50. The van der Waals surface area contributed by atoms with Crippen LogP contribution in [0.15, 0.2) is 59.1 Å². The quantitative estimate of drug-likeness (QED) is 0.735. The van der Waals surface area contributed by atoms with E-state index in [9.17, 15) is 0 Å². The first-order valence-electron chi connectivity index (χ1n) is 6.73. The Hall–Kier alpha value is -3.37. The second-order valence-corrected chi connectivity index (χ2v) is 4.80. The molecule has 2 heterocycles. The molecule has 0 aliphatic heterocycles. The molecule has 4 nitrogen and oxygen atoms in total. The Morgan fingerprint density at radius 2 is 1.59 bits per heavy atom. The SMILES string of the molecule is N#Cc1ccc(Cc2ccc(-c3ccc(C#N)cn3)o2)cc1. The molecular weight excluding hydrogens is 274 g/mol. The maximum Gasteiger partial charge on any atom is 0.152 e. The van der Waals surface area contributed by atoms with Crippen molar-refractivity contribution >= 4 is 0 Å². The lowest BCUT2D eigenvalue weighted by atomic mass is 10.1. The fourth-order valence-electron chi connectivity index (χ4n) is 2.11. The van der Waals surface area contributed by atoms with Crippen molar-refractivity contribution in [2.24, 2.45) is 0 Å². The first kappa shape index (κ1) is 13.6. The molecule has 104 valence electrons. The van der Waals surface area contributed by atoms with Gasteiger partial charge in [-0.05, 0) is 42.0 Å². The fourth-order valence-corrected chi connectivity index (χ4v) is 2.11. The van der Waals surface area contributed by atoms with Crippen LogP contribution in [0.2, 0.25) is 0 Å². The molecule has 0 aliphatic carbocycles. The summed E-state index contributed by atoms with van der Waals surface area (Å²) in [6, 6.07) is 18.8. The smallest absolute Gasteiger partial charge is 0.152 e. The summed E-state index contributed by atoms with van der Waals surface area (Å²) < 4.78 is 5.79. The van der Waals surface area contributed by atoms with E-state index in [-0.39, 0.29) is 0 Å². The second kappa shape index (κ2) is 5.95. The van der Waals surface area contributed by atoms with E-state index in [1.165, 1.54) is 6.20 Å². The molecule has 1 aromatic carbocycles. The number of hydrogen-bond acceptors (Lipinski definition) is 4. The zero-order valence-corrected chi connectivity index (χ0v) is 11.7. The summed E-state index contributed by atoms with van der Waals surface area (Å²) in [5, 5.41) is 17.6. The Bertz CT molecular complexity index is 862. The maximum atomic E-state index is 8.79. The van der Waals surface area contributed by atoms with Crippen LogP contribution in [0.25, 0.3) is 11.5 Å². The summed E-state index contributed by atoms with van der Waals surface area (Å²) in [6.07, 6.45) is 2.18. The number of nitrogens with zero attached hydrogens (tertiary/aromatic N) is 3. The highest BCUT2D eigenvalue weighted by atomic mass is 16.3. The van der Waals surface area contributed by atoms with Gasteiger partial charge in [0, 0.05) is 12.6 Å². The van der Waals surface area contributed by atoms with E-state index < -0.39 is 0 Å². The molecule has 0 spiro atoms. The van der Waals surface area contributed by atoms with Gasteiger partial charge in [-0.25, -0.2) is 0 Å². The van der Waals surface area contributed by atoms with E-state index in [0.29, 0.717) is 29.0 Å². The average Bonchev–Trinajstić information content (AvgIpc) is 3.04. The van der Waals surface area contributed by atoms with Crippen LogP contribution in [-0.2, 0) is 6.42 Å². The minimum atomic E-state index is 0.521. The highest BCUT2D eigenvalue weighted by Gasteiger charge is 2.07. The van der Waals surface area contributed by atoms with E-state index in [2.05, 4.69) is 11.1 Å². The van der Waals surface area contributed by atoms with E-state index >= 15 is 0 Å². The van der Waals surface area contributed by atoms with Crippen LogP contribution in [0.1, 0.15) is 22.5 Å². The molecule has 0 N–H and O–H groups in total. The Balaban J connectivity index is 1.78. The Kier molecular flexibility index (Phi) is 3.68. The Morgan fingerprint density at radius 1 is 0.864 bits per heavy atom. The summed E-state index contributed by atoms with van der Waals surface area (Å²) in [6.45, 7) is 0. The molecule has 0 bridgehead atoms. The number of aromatic nitrogens is 1. The Labute approximate surface area is 127 Å². The van der Waals surface area contributed by atoms with Crippen LogP contribution in [-0.4, -0.2) is 4.98 Å². The minimum absolute atomic E-state index is 0.521. The monoisotopic (exact) mass is 285 g/mol. The predicted octanol–water partition coefficient (Wildman–Crippen LogP) is 3.68. The first-order valence-corrected chi connectivity index (χ1v) is 6.73. The third-order valence-electron chi connectivity index (χ3n) is 3.27. The van der Waals surface area contributed by atoms with Gasteiger partial charge < -0.3 is 4.42 Å². The number of pyridine rings is 1. The van der Waals surface area contributed by atoms with Gasteiger partial charge in [0.25, 0.3) is 0 Å². The molecule has 4 heteroatoms. The number of rotatable bonds is 3. The van der Waals surface area contributed by atoms with Gasteiger partial charge in [0.15, 0.2) is 5.76 Å². The van der Waals surface area contributed by atoms with Crippen molar-refractivity contribution in [2.75, 3.05) is 0 Å². The van der Waals surface area contributed by atoms with Crippen LogP contribution in [0, 0.1) is 22.7 Å². The third-order valence-corrected chi connectivity index (χ3v) is 3.27. The molecular formula is C18H11N3O. The molecule has 3 aromatic rings. The lowest BCUT2D eigenvalue weighted by Crippen LogP contribution is -1.86. The van der Waals surface area contributed by atoms with Crippen molar-refractivity contribution in [3.05, 3.63) is 77.2 Å².